The molecule has 108 valence electrons. The van der Waals surface area contributed by atoms with Gasteiger partial charge in [0.15, 0.2) is 0 Å². The van der Waals surface area contributed by atoms with Gasteiger partial charge >= 0.3 is 5.97 Å². The predicted molar refractivity (Wildman–Crippen MR) is 72.4 cm³/mol. The van der Waals surface area contributed by atoms with Gasteiger partial charge in [-0.05, 0) is 50.3 Å². The molecule has 0 spiro atoms. The fraction of sp³-hybridized carbons (Fsp3) is 0.562. The fourth-order valence-corrected chi connectivity index (χ4v) is 3.22. The Kier molecular flexibility index (Phi) is 3.40. The highest BCUT2D eigenvalue weighted by atomic mass is 19.1. The minimum absolute atomic E-state index is 0.159. The average Bonchev–Trinajstić information content (AvgIpc) is 2.85. The molecule has 1 N–H and O–H groups in total. The summed E-state index contributed by atoms with van der Waals surface area (Å²) in [6, 6.07) is 4.29. The molecule has 0 radical (unpaired) electrons. The van der Waals surface area contributed by atoms with Crippen molar-refractivity contribution in [2.75, 3.05) is 0 Å². The second kappa shape index (κ2) is 5.08. The molecule has 3 nitrogen and oxygen atoms in total. The fourth-order valence-electron chi connectivity index (χ4n) is 3.22. The topological polar surface area (TPSA) is 46.5 Å². The van der Waals surface area contributed by atoms with Crippen molar-refractivity contribution in [3.8, 4) is 5.75 Å². The van der Waals surface area contributed by atoms with E-state index in [9.17, 15) is 14.3 Å². The summed E-state index contributed by atoms with van der Waals surface area (Å²) in [5.41, 5.74) is -0.448. The first-order chi connectivity index (χ1) is 9.62. The maximum absolute atomic E-state index is 13.6. The molecular formula is C16H19FO3. The van der Waals surface area contributed by atoms with Crippen LogP contribution in [0.25, 0.3) is 0 Å². The third kappa shape index (κ3) is 2.17. The molecule has 0 heterocycles. The summed E-state index contributed by atoms with van der Waals surface area (Å²) in [6.07, 6.45) is 6.15. The molecule has 2 fully saturated rings. The van der Waals surface area contributed by atoms with Gasteiger partial charge in [0.25, 0.3) is 0 Å². The van der Waals surface area contributed by atoms with Gasteiger partial charge in [0.1, 0.15) is 11.6 Å². The van der Waals surface area contributed by atoms with E-state index >= 15 is 0 Å². The number of rotatable bonds is 4. The van der Waals surface area contributed by atoms with E-state index in [1.165, 1.54) is 12.1 Å². The second-order valence-corrected chi connectivity index (χ2v) is 5.91. The number of hydrogen-bond donors (Lipinski definition) is 1. The molecule has 1 aromatic carbocycles. The molecule has 0 bridgehead atoms. The van der Waals surface area contributed by atoms with E-state index in [1.54, 1.807) is 6.07 Å². The Morgan fingerprint density at radius 3 is 2.50 bits per heavy atom. The summed E-state index contributed by atoms with van der Waals surface area (Å²) in [5, 5.41) is 9.66. The smallest absolute Gasteiger partial charge is 0.314 e. The molecule has 0 aromatic heterocycles. The van der Waals surface area contributed by atoms with Gasteiger partial charge in [0, 0.05) is 5.56 Å². The molecule has 0 aliphatic heterocycles. The van der Waals surface area contributed by atoms with Gasteiger partial charge < -0.3 is 9.84 Å². The van der Waals surface area contributed by atoms with Crippen molar-refractivity contribution in [2.45, 2.75) is 56.5 Å². The highest BCUT2D eigenvalue weighted by Crippen LogP contribution is 2.46. The summed E-state index contributed by atoms with van der Waals surface area (Å²) in [5.74, 6) is -0.701. The summed E-state index contributed by atoms with van der Waals surface area (Å²) < 4.78 is 19.5. The predicted octanol–water partition coefficient (Wildman–Crippen LogP) is 3.65. The Hall–Kier alpha value is -1.58. The van der Waals surface area contributed by atoms with E-state index in [2.05, 4.69) is 0 Å². The van der Waals surface area contributed by atoms with Crippen LogP contribution in [0.2, 0.25) is 0 Å². The standard InChI is InChI=1S/C16H19FO3/c17-11-6-7-14(20-12-4-3-5-12)13(10-11)16(15(18)19)8-1-2-9-16/h6-7,10,12H,1-5,8-9H2,(H,18,19). The van der Waals surface area contributed by atoms with Crippen LogP contribution < -0.4 is 4.74 Å². The minimum atomic E-state index is -0.971. The minimum Gasteiger partial charge on any atom is -0.490 e. The first-order valence-corrected chi connectivity index (χ1v) is 7.32. The number of carbonyl (C=O) groups is 1. The Bertz CT molecular complexity index is 516. The molecule has 20 heavy (non-hydrogen) atoms. The van der Waals surface area contributed by atoms with Crippen LogP contribution in [-0.2, 0) is 10.2 Å². The molecule has 2 aliphatic rings. The van der Waals surface area contributed by atoms with Crippen LogP contribution in [0.4, 0.5) is 4.39 Å². The number of carboxylic acids is 1. The van der Waals surface area contributed by atoms with Crippen molar-refractivity contribution in [3.05, 3.63) is 29.6 Å². The van der Waals surface area contributed by atoms with Gasteiger partial charge in [-0.3, -0.25) is 4.79 Å². The van der Waals surface area contributed by atoms with E-state index in [1.807, 2.05) is 0 Å². The largest absolute Gasteiger partial charge is 0.490 e. The van der Waals surface area contributed by atoms with Crippen molar-refractivity contribution in [1.29, 1.82) is 0 Å². The van der Waals surface area contributed by atoms with Crippen LogP contribution in [0.3, 0.4) is 0 Å². The van der Waals surface area contributed by atoms with E-state index in [4.69, 9.17) is 4.74 Å². The summed E-state index contributed by atoms with van der Waals surface area (Å²) >= 11 is 0. The molecule has 0 unspecified atom stereocenters. The lowest BCUT2D eigenvalue weighted by atomic mass is 9.78. The monoisotopic (exact) mass is 278 g/mol. The summed E-state index contributed by atoms with van der Waals surface area (Å²) in [4.78, 5) is 11.8. The number of aliphatic carboxylic acids is 1. The molecule has 2 aliphatic carbocycles. The van der Waals surface area contributed by atoms with Gasteiger partial charge in [-0.2, -0.15) is 0 Å². The van der Waals surface area contributed by atoms with Crippen molar-refractivity contribution >= 4 is 5.97 Å². The van der Waals surface area contributed by atoms with Gasteiger partial charge in [-0.1, -0.05) is 12.8 Å². The van der Waals surface area contributed by atoms with Crippen molar-refractivity contribution in [1.82, 2.24) is 0 Å². The highest BCUT2D eigenvalue weighted by molar-refractivity contribution is 5.83. The van der Waals surface area contributed by atoms with E-state index in [-0.39, 0.29) is 6.10 Å². The summed E-state index contributed by atoms with van der Waals surface area (Å²) in [7, 11) is 0. The molecule has 0 amide bonds. The first kappa shape index (κ1) is 13.4. The Labute approximate surface area is 117 Å². The van der Waals surface area contributed by atoms with Gasteiger partial charge in [-0.25, -0.2) is 4.39 Å². The Morgan fingerprint density at radius 2 is 1.95 bits per heavy atom. The third-order valence-corrected chi connectivity index (χ3v) is 4.67. The Morgan fingerprint density at radius 1 is 1.25 bits per heavy atom. The van der Waals surface area contributed by atoms with Crippen LogP contribution in [0.1, 0.15) is 50.5 Å². The maximum Gasteiger partial charge on any atom is 0.314 e. The van der Waals surface area contributed by atoms with E-state index < -0.39 is 17.2 Å². The van der Waals surface area contributed by atoms with Gasteiger partial charge in [0.2, 0.25) is 0 Å². The van der Waals surface area contributed by atoms with Crippen LogP contribution >= 0.6 is 0 Å². The zero-order chi connectivity index (χ0) is 14.2. The number of halogens is 1. The highest BCUT2D eigenvalue weighted by Gasteiger charge is 2.45. The first-order valence-electron chi connectivity index (χ1n) is 7.32. The molecule has 3 rings (SSSR count). The van der Waals surface area contributed by atoms with Crippen LogP contribution in [0.5, 0.6) is 5.75 Å². The van der Waals surface area contributed by atoms with Crippen molar-refractivity contribution < 1.29 is 19.0 Å². The lowest BCUT2D eigenvalue weighted by Gasteiger charge is -2.31. The number of ether oxygens (including phenoxy) is 1. The normalized spacial score (nSPS) is 21.4. The molecule has 2 saturated carbocycles. The van der Waals surface area contributed by atoms with Crippen LogP contribution in [-0.4, -0.2) is 17.2 Å². The van der Waals surface area contributed by atoms with Crippen LogP contribution in [0, 0.1) is 5.82 Å². The Balaban J connectivity index is 2.00. The van der Waals surface area contributed by atoms with Crippen LogP contribution in [0.15, 0.2) is 18.2 Å². The van der Waals surface area contributed by atoms with Crippen molar-refractivity contribution in [2.24, 2.45) is 0 Å². The zero-order valence-corrected chi connectivity index (χ0v) is 11.4. The quantitative estimate of drug-likeness (QED) is 0.914. The molecule has 0 saturated heterocycles. The van der Waals surface area contributed by atoms with Crippen molar-refractivity contribution in [3.63, 3.8) is 0 Å². The lowest BCUT2D eigenvalue weighted by molar-refractivity contribution is -0.143. The molecule has 4 heteroatoms. The molecule has 0 atom stereocenters. The van der Waals surface area contributed by atoms with Gasteiger partial charge in [-0.15, -0.1) is 0 Å². The number of carboxylic acid groups (broad SMARTS) is 1. The van der Waals surface area contributed by atoms with E-state index in [0.717, 1.165) is 32.1 Å². The summed E-state index contributed by atoms with van der Waals surface area (Å²) in [6.45, 7) is 0. The number of hydrogen-bond acceptors (Lipinski definition) is 2. The molecule has 1 aromatic rings. The zero-order valence-electron chi connectivity index (χ0n) is 11.4. The number of benzene rings is 1. The molecular weight excluding hydrogens is 259 g/mol. The van der Waals surface area contributed by atoms with E-state index in [0.29, 0.717) is 24.2 Å². The lowest BCUT2D eigenvalue weighted by Crippen LogP contribution is -2.34. The maximum atomic E-state index is 13.6. The third-order valence-electron chi connectivity index (χ3n) is 4.67. The second-order valence-electron chi connectivity index (χ2n) is 5.91. The van der Waals surface area contributed by atoms with Gasteiger partial charge in [0.05, 0.1) is 11.5 Å². The average molecular weight is 278 g/mol. The SMILES string of the molecule is O=C(O)C1(c2cc(F)ccc2OC2CCC2)CCCC1.